The van der Waals surface area contributed by atoms with E-state index in [0.717, 1.165) is 70.1 Å². The van der Waals surface area contributed by atoms with Gasteiger partial charge in [-0.15, -0.1) is 0 Å². The molecule has 0 bridgehead atoms. The molecule has 7 nitrogen and oxygen atoms in total. The lowest BCUT2D eigenvalue weighted by Crippen LogP contribution is -2.45. The summed E-state index contributed by atoms with van der Waals surface area (Å²) in [4.78, 5) is 21.0. The summed E-state index contributed by atoms with van der Waals surface area (Å²) in [6.07, 6.45) is 5.54. The molecule has 1 radical (unpaired) electrons. The predicted octanol–water partition coefficient (Wildman–Crippen LogP) is 3.52. The Morgan fingerprint density at radius 1 is 0.971 bits per heavy atom. The summed E-state index contributed by atoms with van der Waals surface area (Å²) in [6.45, 7) is 10.7. The van der Waals surface area contributed by atoms with Gasteiger partial charge in [0.1, 0.15) is 0 Å². The van der Waals surface area contributed by atoms with E-state index < -0.39 is 0 Å². The highest BCUT2D eigenvalue weighted by Crippen LogP contribution is 2.39. The van der Waals surface area contributed by atoms with Gasteiger partial charge in [-0.1, -0.05) is 13.0 Å². The lowest BCUT2D eigenvalue weighted by molar-refractivity contribution is 0.0288. The van der Waals surface area contributed by atoms with Gasteiger partial charge in [0.05, 0.1) is 24.4 Å². The third-order valence-corrected chi connectivity index (χ3v) is 8.39. The Kier molecular flexibility index (Phi) is 6.26. The summed E-state index contributed by atoms with van der Waals surface area (Å²) in [5, 5.41) is 1.26. The molecule has 5 heterocycles. The Morgan fingerprint density at radius 3 is 2.47 bits per heavy atom. The Morgan fingerprint density at radius 2 is 1.71 bits per heavy atom. The number of ether oxygens (including phenoxy) is 2. The van der Waals surface area contributed by atoms with Crippen molar-refractivity contribution in [2.75, 3.05) is 64.1 Å². The van der Waals surface area contributed by atoms with E-state index in [-0.39, 0.29) is 6.03 Å². The summed E-state index contributed by atoms with van der Waals surface area (Å²) < 4.78 is 13.2. The summed E-state index contributed by atoms with van der Waals surface area (Å²) in [5.41, 5.74) is 4.81. The highest BCUT2D eigenvalue weighted by atomic mass is 16.5. The molecule has 0 saturated carbocycles. The molecule has 1 aromatic carbocycles. The number of piperidine rings is 1. The van der Waals surface area contributed by atoms with Crippen LogP contribution in [-0.2, 0) is 22.4 Å². The number of carbonyl (C=O) groups is 1. The number of nitrogens with zero attached hydrogens (tertiary/aromatic N) is 4. The van der Waals surface area contributed by atoms with Crippen molar-refractivity contribution in [2.24, 2.45) is 5.92 Å². The SMILES string of the molecule is CC1CCN(c2[c]ccc3c2c2c(n3C(=O)N3CCOCC3)CCN(C3CCOCC3)C2)CC1. The number of hydrogen-bond donors (Lipinski definition) is 0. The Labute approximate surface area is 202 Å². The minimum absolute atomic E-state index is 0.110. The van der Waals surface area contributed by atoms with Gasteiger partial charge < -0.3 is 19.3 Å². The molecule has 34 heavy (non-hydrogen) atoms. The molecule has 4 aliphatic heterocycles. The first-order valence-corrected chi connectivity index (χ1v) is 13.2. The number of carbonyl (C=O) groups excluding carboxylic acids is 1. The van der Waals surface area contributed by atoms with Crippen LogP contribution in [0.2, 0.25) is 0 Å². The van der Waals surface area contributed by atoms with Gasteiger partial charge in [-0.2, -0.15) is 0 Å². The average Bonchev–Trinajstić information content (AvgIpc) is 3.23. The molecule has 3 saturated heterocycles. The molecule has 1 aromatic heterocycles. The van der Waals surface area contributed by atoms with E-state index in [1.165, 1.54) is 35.2 Å². The highest BCUT2D eigenvalue weighted by Gasteiger charge is 2.34. The second-order valence-electron chi connectivity index (χ2n) is 10.5. The van der Waals surface area contributed by atoms with Crippen molar-refractivity contribution in [1.82, 2.24) is 14.4 Å². The van der Waals surface area contributed by atoms with Crippen LogP contribution >= 0.6 is 0 Å². The molecule has 3 fully saturated rings. The maximum Gasteiger partial charge on any atom is 0.329 e. The van der Waals surface area contributed by atoms with Crippen LogP contribution in [0.4, 0.5) is 10.5 Å². The zero-order valence-electron chi connectivity index (χ0n) is 20.4. The van der Waals surface area contributed by atoms with Crippen molar-refractivity contribution in [2.45, 2.75) is 51.6 Å². The van der Waals surface area contributed by atoms with Crippen LogP contribution in [0.3, 0.4) is 0 Å². The Bertz CT molecular complexity index is 1030. The molecule has 0 N–H and O–H groups in total. The maximum absolute atomic E-state index is 13.8. The van der Waals surface area contributed by atoms with E-state index in [0.29, 0.717) is 32.3 Å². The second kappa shape index (κ2) is 9.51. The normalized spacial score (nSPS) is 23.4. The molecule has 0 atom stereocenters. The summed E-state index contributed by atoms with van der Waals surface area (Å²) in [6, 6.07) is 8.42. The van der Waals surface area contributed by atoms with Crippen molar-refractivity contribution in [3.8, 4) is 0 Å². The molecular formula is C27H37N4O3. The van der Waals surface area contributed by atoms with Gasteiger partial charge in [-0.25, -0.2) is 4.79 Å². The largest absolute Gasteiger partial charge is 0.381 e. The molecule has 6 rings (SSSR count). The van der Waals surface area contributed by atoms with Gasteiger partial charge in [-0.3, -0.25) is 9.47 Å². The summed E-state index contributed by atoms with van der Waals surface area (Å²) in [7, 11) is 0. The standard InChI is InChI=1S/C27H37N4O3/c1-20-5-10-28(11-6-20)24-3-2-4-25-26(24)22-19-30(21-8-15-33-16-9-21)12-7-23(22)31(25)27(32)29-13-17-34-18-14-29/h2,4,20-21H,5-19H2,1H3. The number of anilines is 1. The van der Waals surface area contributed by atoms with Gasteiger partial charge >= 0.3 is 6.03 Å². The number of benzene rings is 1. The number of rotatable bonds is 2. The van der Waals surface area contributed by atoms with E-state index in [9.17, 15) is 4.79 Å². The fourth-order valence-electron chi connectivity index (χ4n) is 6.31. The molecule has 4 aliphatic rings. The lowest BCUT2D eigenvalue weighted by atomic mass is 9.96. The summed E-state index contributed by atoms with van der Waals surface area (Å²) >= 11 is 0. The lowest BCUT2D eigenvalue weighted by Gasteiger charge is -2.37. The summed E-state index contributed by atoms with van der Waals surface area (Å²) in [5.74, 6) is 0.779. The molecule has 183 valence electrons. The first kappa shape index (κ1) is 22.4. The van der Waals surface area contributed by atoms with Gasteiger partial charge in [-0.05, 0) is 43.2 Å². The van der Waals surface area contributed by atoms with E-state index in [1.807, 2.05) is 15.5 Å². The van der Waals surface area contributed by atoms with E-state index >= 15 is 0 Å². The topological polar surface area (TPSA) is 50.2 Å². The smallest absolute Gasteiger partial charge is 0.329 e. The van der Waals surface area contributed by atoms with Gasteiger partial charge in [0, 0.05) is 82.1 Å². The van der Waals surface area contributed by atoms with Gasteiger partial charge in [0.25, 0.3) is 0 Å². The van der Waals surface area contributed by atoms with Crippen molar-refractivity contribution in [3.05, 3.63) is 29.5 Å². The van der Waals surface area contributed by atoms with Gasteiger partial charge in [0.15, 0.2) is 0 Å². The monoisotopic (exact) mass is 465 g/mol. The first-order valence-electron chi connectivity index (χ1n) is 13.2. The van der Waals surface area contributed by atoms with Crippen LogP contribution in [0.5, 0.6) is 0 Å². The minimum Gasteiger partial charge on any atom is -0.381 e. The van der Waals surface area contributed by atoms with Crippen molar-refractivity contribution < 1.29 is 14.3 Å². The molecule has 0 spiro atoms. The average molecular weight is 466 g/mol. The Hall–Kier alpha value is -2.09. The molecular weight excluding hydrogens is 428 g/mol. The molecule has 2 aromatic rings. The van der Waals surface area contributed by atoms with Crippen LogP contribution < -0.4 is 4.90 Å². The van der Waals surface area contributed by atoms with Crippen molar-refractivity contribution >= 4 is 22.6 Å². The third kappa shape index (κ3) is 4.01. The fraction of sp³-hybridized carbons (Fsp3) is 0.667. The van der Waals surface area contributed by atoms with Crippen LogP contribution in [-0.4, -0.2) is 85.6 Å². The van der Waals surface area contributed by atoms with Crippen LogP contribution in [0.1, 0.15) is 43.9 Å². The van der Waals surface area contributed by atoms with Crippen LogP contribution in [0.15, 0.2) is 12.1 Å². The Balaban J connectivity index is 1.44. The third-order valence-electron chi connectivity index (χ3n) is 8.39. The number of morpholine rings is 1. The van der Waals surface area contributed by atoms with E-state index in [4.69, 9.17) is 9.47 Å². The predicted molar refractivity (Wildman–Crippen MR) is 133 cm³/mol. The number of aromatic nitrogens is 1. The molecule has 1 amide bonds. The van der Waals surface area contributed by atoms with Crippen LogP contribution in [0, 0.1) is 12.0 Å². The van der Waals surface area contributed by atoms with E-state index in [1.54, 1.807) is 0 Å². The number of hydrogen-bond acceptors (Lipinski definition) is 5. The quantitative estimate of drug-likeness (QED) is 0.679. The fourth-order valence-corrected chi connectivity index (χ4v) is 6.31. The molecule has 0 aliphatic carbocycles. The zero-order valence-corrected chi connectivity index (χ0v) is 20.4. The van der Waals surface area contributed by atoms with Gasteiger partial charge in [0.2, 0.25) is 0 Å². The van der Waals surface area contributed by atoms with Crippen LogP contribution in [0.25, 0.3) is 10.9 Å². The number of fused-ring (bicyclic) bond motifs is 3. The second-order valence-corrected chi connectivity index (χ2v) is 10.5. The van der Waals surface area contributed by atoms with Crippen molar-refractivity contribution in [1.29, 1.82) is 0 Å². The minimum atomic E-state index is 0.110. The zero-order chi connectivity index (χ0) is 23.1. The number of amides is 1. The first-order chi connectivity index (χ1) is 16.7. The maximum atomic E-state index is 13.8. The van der Waals surface area contributed by atoms with E-state index in [2.05, 4.69) is 28.9 Å². The molecule has 0 unspecified atom stereocenters. The molecule has 7 heteroatoms. The highest BCUT2D eigenvalue weighted by molar-refractivity contribution is 6.02. The van der Waals surface area contributed by atoms with Crippen molar-refractivity contribution in [3.63, 3.8) is 0 Å².